The number of carbonyl (C=O) groups excluding carboxylic acids is 3. The van der Waals surface area contributed by atoms with E-state index in [2.05, 4.69) is 31.3 Å². The molecule has 2 fully saturated rings. The van der Waals surface area contributed by atoms with Crippen LogP contribution in [0.2, 0.25) is 0 Å². The van der Waals surface area contributed by atoms with Gasteiger partial charge in [0.15, 0.2) is 0 Å². The number of amides is 3. The van der Waals surface area contributed by atoms with Crippen LogP contribution in [0.25, 0.3) is 0 Å². The summed E-state index contributed by atoms with van der Waals surface area (Å²) in [5.74, 6) is -0.297. The zero-order valence-electron chi connectivity index (χ0n) is 22.9. The molecule has 4 rings (SSSR count). The Morgan fingerprint density at radius 3 is 2.05 bits per heavy atom. The molecule has 2 saturated heterocycles. The first-order valence-electron chi connectivity index (χ1n) is 13.8. The van der Waals surface area contributed by atoms with E-state index in [0.717, 1.165) is 24.0 Å². The zero-order valence-corrected chi connectivity index (χ0v) is 22.9. The van der Waals surface area contributed by atoms with Gasteiger partial charge < -0.3 is 15.1 Å². The van der Waals surface area contributed by atoms with Gasteiger partial charge in [-0.2, -0.15) is 0 Å². The average molecular weight is 522 g/mol. The molecule has 4 atom stereocenters. The highest BCUT2D eigenvalue weighted by molar-refractivity contribution is 5.89. The van der Waals surface area contributed by atoms with Gasteiger partial charge in [0, 0.05) is 32.4 Å². The van der Waals surface area contributed by atoms with Crippen LogP contribution < -0.4 is 5.32 Å². The number of hydrogen-bond acceptors (Lipinski definition) is 3. The van der Waals surface area contributed by atoms with Gasteiger partial charge in [-0.05, 0) is 41.4 Å². The second kappa shape index (κ2) is 12.1. The minimum absolute atomic E-state index is 0.000864. The van der Waals surface area contributed by atoms with Gasteiger partial charge in [-0.15, -0.1) is 0 Å². The van der Waals surface area contributed by atoms with Crippen molar-refractivity contribution in [1.82, 2.24) is 15.1 Å². The maximum absolute atomic E-state index is 14.7. The number of alkyl halides is 1. The Kier molecular flexibility index (Phi) is 8.85. The molecule has 2 aliphatic heterocycles. The first kappa shape index (κ1) is 27.8. The molecule has 38 heavy (non-hydrogen) atoms. The Balaban J connectivity index is 1.50. The van der Waals surface area contributed by atoms with Crippen LogP contribution in [0.4, 0.5) is 4.39 Å². The number of rotatable bonds is 7. The quantitative estimate of drug-likeness (QED) is 0.566. The molecule has 1 N–H and O–H groups in total. The maximum atomic E-state index is 14.7. The summed E-state index contributed by atoms with van der Waals surface area (Å²) in [4.78, 5) is 42.1. The van der Waals surface area contributed by atoms with Crippen molar-refractivity contribution < 1.29 is 18.8 Å². The van der Waals surface area contributed by atoms with Gasteiger partial charge in [-0.1, -0.05) is 75.4 Å². The van der Waals surface area contributed by atoms with Crippen LogP contribution in [0.3, 0.4) is 0 Å². The van der Waals surface area contributed by atoms with Crippen molar-refractivity contribution in [2.24, 2.45) is 11.8 Å². The SMILES string of the molecule is CC(=O)N1CCC(C(C)C(=O)N2C[C@H](F)C[C@H]2C(=O)N[C@@H](c2ccccc2)c2ccc(C(C)C)cc2)CC1. The van der Waals surface area contributed by atoms with E-state index < -0.39 is 18.3 Å². The van der Waals surface area contributed by atoms with E-state index in [4.69, 9.17) is 0 Å². The van der Waals surface area contributed by atoms with E-state index in [0.29, 0.717) is 19.0 Å². The largest absolute Gasteiger partial charge is 0.343 e. The van der Waals surface area contributed by atoms with Crippen molar-refractivity contribution in [3.63, 3.8) is 0 Å². The van der Waals surface area contributed by atoms with E-state index in [9.17, 15) is 18.8 Å². The van der Waals surface area contributed by atoms with Crippen molar-refractivity contribution in [3.8, 4) is 0 Å². The Morgan fingerprint density at radius 1 is 0.895 bits per heavy atom. The molecule has 1 unspecified atom stereocenters. The molecule has 0 bridgehead atoms. The third kappa shape index (κ3) is 6.25. The second-order valence-corrected chi connectivity index (χ2v) is 11.1. The molecule has 7 heteroatoms. The lowest BCUT2D eigenvalue weighted by molar-refractivity contribution is -0.143. The molecule has 2 aliphatic rings. The van der Waals surface area contributed by atoms with Crippen LogP contribution in [0, 0.1) is 11.8 Å². The van der Waals surface area contributed by atoms with Gasteiger partial charge in [0.2, 0.25) is 17.7 Å². The van der Waals surface area contributed by atoms with E-state index >= 15 is 0 Å². The van der Waals surface area contributed by atoms with E-state index in [1.54, 1.807) is 11.8 Å². The molecule has 204 valence electrons. The lowest BCUT2D eigenvalue weighted by Crippen LogP contribution is -2.50. The van der Waals surface area contributed by atoms with Gasteiger partial charge in [0.25, 0.3) is 0 Å². The van der Waals surface area contributed by atoms with Crippen molar-refractivity contribution in [1.29, 1.82) is 0 Å². The standard InChI is InChI=1S/C31H40FN3O3/c1-20(2)23-10-12-26(13-11-23)29(25-8-6-5-7-9-25)33-30(37)28-18-27(32)19-35(28)31(38)21(3)24-14-16-34(17-15-24)22(4)36/h5-13,20-21,24,27-29H,14-19H2,1-4H3,(H,33,37)/t21?,27-,28+,29+/m1/s1. The minimum atomic E-state index is -1.23. The van der Waals surface area contributed by atoms with Gasteiger partial charge >= 0.3 is 0 Å². The monoisotopic (exact) mass is 521 g/mol. The number of hydrogen-bond donors (Lipinski definition) is 1. The number of halogens is 1. The molecule has 3 amide bonds. The van der Waals surface area contributed by atoms with E-state index in [-0.39, 0.29) is 42.5 Å². The summed E-state index contributed by atoms with van der Waals surface area (Å²) in [6.07, 6.45) is 0.236. The molecule has 6 nitrogen and oxygen atoms in total. The van der Waals surface area contributed by atoms with Crippen LogP contribution in [-0.2, 0) is 14.4 Å². The summed E-state index contributed by atoms with van der Waals surface area (Å²) in [7, 11) is 0. The summed E-state index contributed by atoms with van der Waals surface area (Å²) < 4.78 is 14.7. The minimum Gasteiger partial charge on any atom is -0.343 e. The topological polar surface area (TPSA) is 69.7 Å². The van der Waals surface area contributed by atoms with Gasteiger partial charge in [-0.3, -0.25) is 14.4 Å². The number of nitrogens with one attached hydrogen (secondary N) is 1. The van der Waals surface area contributed by atoms with Crippen molar-refractivity contribution in [2.75, 3.05) is 19.6 Å². The smallest absolute Gasteiger partial charge is 0.243 e. The predicted molar refractivity (Wildman–Crippen MR) is 146 cm³/mol. The van der Waals surface area contributed by atoms with Crippen LogP contribution in [0.15, 0.2) is 54.6 Å². The van der Waals surface area contributed by atoms with Crippen LogP contribution >= 0.6 is 0 Å². The molecule has 0 aromatic heterocycles. The van der Waals surface area contributed by atoms with Crippen LogP contribution in [-0.4, -0.2) is 59.4 Å². The van der Waals surface area contributed by atoms with Crippen LogP contribution in [0.5, 0.6) is 0 Å². The zero-order chi connectivity index (χ0) is 27.4. The highest BCUT2D eigenvalue weighted by atomic mass is 19.1. The number of likely N-dealkylation sites (tertiary alicyclic amines) is 2. The van der Waals surface area contributed by atoms with Gasteiger partial charge in [0.05, 0.1) is 12.6 Å². The Morgan fingerprint density at radius 2 is 1.47 bits per heavy atom. The third-order valence-corrected chi connectivity index (χ3v) is 8.27. The average Bonchev–Trinajstić information content (AvgIpc) is 3.33. The molecule has 2 heterocycles. The Labute approximate surface area is 225 Å². The molecular formula is C31H40FN3O3. The molecule has 0 spiro atoms. The van der Waals surface area contributed by atoms with Crippen molar-refractivity contribution in [3.05, 3.63) is 71.3 Å². The second-order valence-electron chi connectivity index (χ2n) is 11.1. The van der Waals surface area contributed by atoms with Crippen molar-refractivity contribution >= 4 is 17.7 Å². The van der Waals surface area contributed by atoms with E-state index in [1.165, 1.54) is 10.5 Å². The molecular weight excluding hydrogens is 481 g/mol. The van der Waals surface area contributed by atoms with Crippen molar-refractivity contribution in [2.45, 2.75) is 71.1 Å². The summed E-state index contributed by atoms with van der Waals surface area (Å²) in [6.45, 7) is 8.90. The fourth-order valence-electron chi connectivity index (χ4n) is 5.77. The van der Waals surface area contributed by atoms with Gasteiger partial charge in [0.1, 0.15) is 12.2 Å². The molecule has 2 aromatic rings. The normalized spacial score (nSPS) is 21.8. The lowest BCUT2D eigenvalue weighted by atomic mass is 9.84. The van der Waals surface area contributed by atoms with Crippen LogP contribution in [0.1, 0.15) is 75.6 Å². The fourth-order valence-corrected chi connectivity index (χ4v) is 5.77. The molecule has 2 aromatic carbocycles. The summed E-state index contributed by atoms with van der Waals surface area (Å²) >= 11 is 0. The fraction of sp³-hybridized carbons (Fsp3) is 0.516. The number of carbonyl (C=O) groups is 3. The van der Waals surface area contributed by atoms with E-state index in [1.807, 2.05) is 49.4 Å². The number of piperidine rings is 1. The Hall–Kier alpha value is -3.22. The summed E-state index contributed by atoms with van der Waals surface area (Å²) in [5, 5.41) is 3.14. The molecule has 0 aliphatic carbocycles. The number of benzene rings is 2. The third-order valence-electron chi connectivity index (χ3n) is 8.27. The predicted octanol–water partition coefficient (Wildman–Crippen LogP) is 4.85. The summed E-state index contributed by atoms with van der Waals surface area (Å²) in [6, 6.07) is 16.7. The van der Waals surface area contributed by atoms with Gasteiger partial charge in [-0.25, -0.2) is 4.39 Å². The summed E-state index contributed by atoms with van der Waals surface area (Å²) in [5.41, 5.74) is 3.08. The highest BCUT2D eigenvalue weighted by Crippen LogP contribution is 2.31. The molecule has 0 radical (unpaired) electrons. The number of nitrogens with zero attached hydrogens (tertiary/aromatic N) is 2. The highest BCUT2D eigenvalue weighted by Gasteiger charge is 2.43. The maximum Gasteiger partial charge on any atom is 0.243 e. The first-order chi connectivity index (χ1) is 18.2. The lowest BCUT2D eigenvalue weighted by Gasteiger charge is -2.36. The molecule has 0 saturated carbocycles. The first-order valence-corrected chi connectivity index (χ1v) is 13.8. The Bertz CT molecular complexity index is 1110.